The van der Waals surface area contributed by atoms with Crippen molar-refractivity contribution < 1.29 is 0 Å². The molecule has 0 aliphatic carbocycles. The van der Waals surface area contributed by atoms with Gasteiger partial charge in [0, 0.05) is 26.0 Å². The summed E-state index contributed by atoms with van der Waals surface area (Å²) >= 11 is 0. The van der Waals surface area contributed by atoms with Crippen molar-refractivity contribution in [3.8, 4) is 0 Å². The topological polar surface area (TPSA) is 6.48 Å². The van der Waals surface area contributed by atoms with Crippen LogP contribution in [-0.4, -0.2) is 29.6 Å². The molecular formula is C18H36N2. The predicted molar refractivity (Wildman–Crippen MR) is 89.5 cm³/mol. The molecule has 2 heteroatoms. The van der Waals surface area contributed by atoms with Crippen LogP contribution in [0.15, 0.2) is 12.4 Å². The zero-order valence-electron chi connectivity index (χ0n) is 14.1. The van der Waals surface area contributed by atoms with E-state index in [-0.39, 0.29) is 0 Å². The summed E-state index contributed by atoms with van der Waals surface area (Å²) in [7, 11) is 2.22. The molecule has 0 saturated carbocycles. The molecule has 1 heterocycles. The number of nitrogens with zero attached hydrogens (tertiary/aromatic N) is 2. The number of unbranched alkanes of at least 4 members (excludes halogenated alkanes) is 8. The van der Waals surface area contributed by atoms with Gasteiger partial charge in [-0.1, -0.05) is 65.2 Å². The molecule has 0 spiro atoms. The normalized spacial score (nSPS) is 18.2. The molecule has 0 N–H and O–H groups in total. The first-order chi connectivity index (χ1) is 9.79. The highest BCUT2D eigenvalue weighted by Crippen LogP contribution is 2.20. The molecule has 1 atom stereocenters. The molecule has 0 aromatic rings. The second-order valence-corrected chi connectivity index (χ2v) is 6.30. The van der Waals surface area contributed by atoms with Crippen LogP contribution < -0.4 is 0 Å². The summed E-state index contributed by atoms with van der Waals surface area (Å²) in [6, 6.07) is 0. The largest absolute Gasteiger partial charge is 0.359 e. The molecule has 1 unspecified atom stereocenters. The van der Waals surface area contributed by atoms with Crippen molar-refractivity contribution in [2.45, 2.75) is 90.6 Å². The Labute approximate surface area is 127 Å². The molecule has 2 nitrogen and oxygen atoms in total. The molecule has 20 heavy (non-hydrogen) atoms. The van der Waals surface area contributed by atoms with Gasteiger partial charge in [0.05, 0.1) is 0 Å². The Morgan fingerprint density at radius 1 is 0.750 bits per heavy atom. The predicted octanol–water partition coefficient (Wildman–Crippen LogP) is 5.36. The third kappa shape index (κ3) is 6.67. The van der Waals surface area contributed by atoms with Crippen molar-refractivity contribution in [3.05, 3.63) is 12.4 Å². The van der Waals surface area contributed by atoms with Crippen LogP contribution in [0.3, 0.4) is 0 Å². The highest BCUT2D eigenvalue weighted by Gasteiger charge is 2.22. The van der Waals surface area contributed by atoms with Gasteiger partial charge < -0.3 is 9.80 Å². The number of hydrogen-bond donors (Lipinski definition) is 0. The minimum absolute atomic E-state index is 0.627. The van der Waals surface area contributed by atoms with E-state index in [9.17, 15) is 0 Å². The van der Waals surface area contributed by atoms with Crippen molar-refractivity contribution in [1.29, 1.82) is 0 Å². The summed E-state index contributed by atoms with van der Waals surface area (Å²) in [6.45, 7) is 5.81. The Morgan fingerprint density at radius 2 is 1.35 bits per heavy atom. The smallest absolute Gasteiger partial charge is 0.100 e. The summed E-state index contributed by atoms with van der Waals surface area (Å²) in [6.07, 6.45) is 20.3. The van der Waals surface area contributed by atoms with Crippen LogP contribution >= 0.6 is 0 Å². The minimum atomic E-state index is 0.627. The summed E-state index contributed by atoms with van der Waals surface area (Å²) < 4.78 is 0. The lowest BCUT2D eigenvalue weighted by atomic mass is 10.1. The lowest BCUT2D eigenvalue weighted by molar-refractivity contribution is 0.159. The van der Waals surface area contributed by atoms with Gasteiger partial charge in [-0.15, -0.1) is 0 Å². The summed E-state index contributed by atoms with van der Waals surface area (Å²) in [5.41, 5.74) is 0. The third-order valence-corrected chi connectivity index (χ3v) is 4.43. The number of rotatable bonds is 12. The van der Waals surface area contributed by atoms with Crippen LogP contribution in [0.5, 0.6) is 0 Å². The van der Waals surface area contributed by atoms with Crippen LogP contribution in [0, 0.1) is 0 Å². The zero-order chi connectivity index (χ0) is 14.6. The van der Waals surface area contributed by atoms with Crippen LogP contribution in [0.4, 0.5) is 0 Å². The summed E-state index contributed by atoms with van der Waals surface area (Å²) in [5, 5.41) is 0. The van der Waals surface area contributed by atoms with Crippen molar-refractivity contribution in [1.82, 2.24) is 9.80 Å². The van der Waals surface area contributed by atoms with Crippen LogP contribution in [0.2, 0.25) is 0 Å². The maximum atomic E-state index is 2.56. The summed E-state index contributed by atoms with van der Waals surface area (Å²) in [5.74, 6) is 0. The second-order valence-electron chi connectivity index (χ2n) is 6.30. The maximum Gasteiger partial charge on any atom is 0.100 e. The third-order valence-electron chi connectivity index (χ3n) is 4.43. The molecule has 0 amide bonds. The SMILES string of the molecule is CCCCCCCCN1C=CN(C)C1CCCCCC. The average Bonchev–Trinajstić information content (AvgIpc) is 2.80. The fourth-order valence-corrected chi connectivity index (χ4v) is 3.04. The molecular weight excluding hydrogens is 244 g/mol. The minimum Gasteiger partial charge on any atom is -0.359 e. The van der Waals surface area contributed by atoms with E-state index in [1.807, 2.05) is 0 Å². The van der Waals surface area contributed by atoms with Gasteiger partial charge in [-0.05, 0) is 19.3 Å². The van der Waals surface area contributed by atoms with Crippen LogP contribution in [-0.2, 0) is 0 Å². The van der Waals surface area contributed by atoms with Crippen LogP contribution in [0.1, 0.15) is 84.5 Å². The van der Waals surface area contributed by atoms with E-state index in [1.165, 1.54) is 77.2 Å². The quantitative estimate of drug-likeness (QED) is 0.444. The van der Waals surface area contributed by atoms with E-state index in [4.69, 9.17) is 0 Å². The highest BCUT2D eigenvalue weighted by molar-refractivity contribution is 4.95. The van der Waals surface area contributed by atoms with E-state index in [2.05, 4.69) is 43.1 Å². The van der Waals surface area contributed by atoms with Gasteiger partial charge in [0.1, 0.15) is 6.17 Å². The average molecular weight is 281 g/mol. The second kappa shape index (κ2) is 11.0. The first kappa shape index (κ1) is 17.4. The molecule has 0 aromatic carbocycles. The van der Waals surface area contributed by atoms with E-state index < -0.39 is 0 Å². The zero-order valence-corrected chi connectivity index (χ0v) is 14.1. The van der Waals surface area contributed by atoms with Gasteiger partial charge in [0.2, 0.25) is 0 Å². The van der Waals surface area contributed by atoms with Gasteiger partial charge in [0.15, 0.2) is 0 Å². The van der Waals surface area contributed by atoms with Crippen molar-refractivity contribution >= 4 is 0 Å². The van der Waals surface area contributed by atoms with Crippen molar-refractivity contribution in [3.63, 3.8) is 0 Å². The molecule has 1 aliphatic rings. The Morgan fingerprint density at radius 3 is 2.05 bits per heavy atom. The summed E-state index contributed by atoms with van der Waals surface area (Å²) in [4.78, 5) is 4.95. The van der Waals surface area contributed by atoms with E-state index >= 15 is 0 Å². The first-order valence-electron chi connectivity index (χ1n) is 8.95. The molecule has 0 saturated heterocycles. The molecule has 0 radical (unpaired) electrons. The van der Waals surface area contributed by atoms with E-state index in [0.717, 1.165) is 0 Å². The fourth-order valence-electron chi connectivity index (χ4n) is 3.04. The molecule has 0 fully saturated rings. The Hall–Kier alpha value is -0.660. The fraction of sp³-hybridized carbons (Fsp3) is 0.889. The van der Waals surface area contributed by atoms with Crippen molar-refractivity contribution in [2.75, 3.05) is 13.6 Å². The Balaban J connectivity index is 2.13. The van der Waals surface area contributed by atoms with E-state index in [0.29, 0.717) is 6.17 Å². The standard InChI is InChI=1S/C18H36N2/c1-4-6-8-10-11-13-15-20-17-16-19(3)18(20)14-12-9-7-5-2/h16-18H,4-15H2,1-3H3. The molecule has 0 aromatic heterocycles. The van der Waals surface area contributed by atoms with Gasteiger partial charge in [-0.3, -0.25) is 0 Å². The molecule has 0 bridgehead atoms. The lowest BCUT2D eigenvalue weighted by Gasteiger charge is -2.30. The van der Waals surface area contributed by atoms with Gasteiger partial charge in [-0.25, -0.2) is 0 Å². The van der Waals surface area contributed by atoms with Crippen molar-refractivity contribution in [2.24, 2.45) is 0 Å². The van der Waals surface area contributed by atoms with Gasteiger partial charge in [0.25, 0.3) is 0 Å². The molecule has 118 valence electrons. The first-order valence-corrected chi connectivity index (χ1v) is 8.95. The maximum absolute atomic E-state index is 2.56. The van der Waals surface area contributed by atoms with Gasteiger partial charge >= 0.3 is 0 Å². The lowest BCUT2D eigenvalue weighted by Crippen LogP contribution is -2.37. The van der Waals surface area contributed by atoms with Crippen LogP contribution in [0.25, 0.3) is 0 Å². The van der Waals surface area contributed by atoms with E-state index in [1.54, 1.807) is 0 Å². The van der Waals surface area contributed by atoms with Gasteiger partial charge in [-0.2, -0.15) is 0 Å². The molecule has 1 rings (SSSR count). The Kier molecular flexibility index (Phi) is 9.61. The number of hydrogen-bond acceptors (Lipinski definition) is 2. The molecule has 1 aliphatic heterocycles. The Bertz CT molecular complexity index is 250. The highest BCUT2D eigenvalue weighted by atomic mass is 15.4. The monoisotopic (exact) mass is 280 g/mol.